The Balaban J connectivity index is 2.32. The molecule has 22 heavy (non-hydrogen) atoms. The molecule has 0 atom stereocenters. The van der Waals surface area contributed by atoms with Crippen LogP contribution in [-0.2, 0) is 16.6 Å². The van der Waals surface area contributed by atoms with Gasteiger partial charge in [0.05, 0.1) is 9.82 Å². The van der Waals surface area contributed by atoms with Crippen LogP contribution in [0.4, 0.5) is 5.69 Å². The molecule has 0 amide bonds. The van der Waals surface area contributed by atoms with Gasteiger partial charge in [0.25, 0.3) is 5.69 Å². The van der Waals surface area contributed by atoms with Crippen molar-refractivity contribution in [1.29, 1.82) is 0 Å². The normalized spacial score (nSPS) is 11.4. The molecule has 2 rings (SSSR count). The van der Waals surface area contributed by atoms with Gasteiger partial charge in [0, 0.05) is 30.6 Å². The average molecular weight is 321 g/mol. The number of nitro benzene ring substituents is 1. The first-order valence-electron chi connectivity index (χ1n) is 6.45. The summed E-state index contributed by atoms with van der Waals surface area (Å²) in [4.78, 5) is 14.2. The summed E-state index contributed by atoms with van der Waals surface area (Å²) in [7, 11) is -3.84. The predicted octanol–water partition coefficient (Wildman–Crippen LogP) is 2.09. The van der Waals surface area contributed by atoms with Gasteiger partial charge in [-0.2, -0.15) is 0 Å². The molecule has 0 spiro atoms. The minimum absolute atomic E-state index is 0.0664. The molecule has 0 saturated carbocycles. The lowest BCUT2D eigenvalue weighted by Crippen LogP contribution is -2.23. The second kappa shape index (κ2) is 6.20. The molecule has 1 N–H and O–H groups in total. The number of pyridine rings is 1. The Bertz CT molecular complexity index is 804. The summed E-state index contributed by atoms with van der Waals surface area (Å²) in [6.07, 6.45) is 3.13. The second-order valence-corrected chi connectivity index (χ2v) is 6.59. The Morgan fingerprint density at radius 1 is 1.32 bits per heavy atom. The van der Waals surface area contributed by atoms with Gasteiger partial charge >= 0.3 is 0 Å². The third kappa shape index (κ3) is 3.46. The number of nitrogens with zero attached hydrogens (tertiary/aromatic N) is 2. The SMILES string of the molecule is Cc1cc(S(=O)(=O)NCc2cccnc2)cc([N+](=O)[O-])c1C. The highest BCUT2D eigenvalue weighted by atomic mass is 32.2. The summed E-state index contributed by atoms with van der Waals surface area (Å²) >= 11 is 0. The van der Waals surface area contributed by atoms with Crippen LogP contribution in [0.25, 0.3) is 0 Å². The van der Waals surface area contributed by atoms with Gasteiger partial charge in [-0.3, -0.25) is 15.1 Å². The lowest BCUT2D eigenvalue weighted by atomic mass is 10.1. The van der Waals surface area contributed by atoms with Crippen molar-refractivity contribution < 1.29 is 13.3 Å². The summed E-state index contributed by atoms with van der Waals surface area (Å²) in [5.74, 6) is 0. The zero-order valence-corrected chi connectivity index (χ0v) is 12.9. The highest BCUT2D eigenvalue weighted by Crippen LogP contribution is 2.25. The van der Waals surface area contributed by atoms with Gasteiger partial charge in [-0.1, -0.05) is 6.07 Å². The maximum Gasteiger partial charge on any atom is 0.273 e. The van der Waals surface area contributed by atoms with Gasteiger partial charge in [-0.05, 0) is 37.1 Å². The molecule has 0 bridgehead atoms. The summed E-state index contributed by atoms with van der Waals surface area (Å²) < 4.78 is 27.0. The van der Waals surface area contributed by atoms with E-state index in [0.717, 1.165) is 6.07 Å². The van der Waals surface area contributed by atoms with Gasteiger partial charge in [0.2, 0.25) is 10.0 Å². The molecule has 0 aliphatic rings. The number of rotatable bonds is 5. The maximum atomic E-state index is 12.3. The Morgan fingerprint density at radius 2 is 2.05 bits per heavy atom. The first-order chi connectivity index (χ1) is 10.3. The van der Waals surface area contributed by atoms with Crippen molar-refractivity contribution in [3.8, 4) is 0 Å². The number of aryl methyl sites for hydroxylation is 1. The topological polar surface area (TPSA) is 102 Å². The van der Waals surface area contributed by atoms with Gasteiger partial charge in [0.15, 0.2) is 0 Å². The monoisotopic (exact) mass is 321 g/mol. The minimum Gasteiger partial charge on any atom is -0.264 e. The van der Waals surface area contributed by atoms with E-state index in [9.17, 15) is 18.5 Å². The molecule has 0 radical (unpaired) electrons. The van der Waals surface area contributed by atoms with Crippen LogP contribution in [0.2, 0.25) is 0 Å². The number of benzene rings is 1. The van der Waals surface area contributed by atoms with Gasteiger partial charge in [-0.15, -0.1) is 0 Å². The number of sulfonamides is 1. The smallest absolute Gasteiger partial charge is 0.264 e. The quantitative estimate of drug-likeness (QED) is 0.671. The lowest BCUT2D eigenvalue weighted by Gasteiger charge is -2.09. The maximum absolute atomic E-state index is 12.3. The first-order valence-corrected chi connectivity index (χ1v) is 7.94. The van der Waals surface area contributed by atoms with Gasteiger partial charge in [0.1, 0.15) is 0 Å². The summed E-state index contributed by atoms with van der Waals surface area (Å²) in [6, 6.07) is 5.94. The zero-order chi connectivity index (χ0) is 16.3. The summed E-state index contributed by atoms with van der Waals surface area (Å²) in [6.45, 7) is 3.30. The lowest BCUT2D eigenvalue weighted by molar-refractivity contribution is -0.385. The van der Waals surface area contributed by atoms with Crippen molar-refractivity contribution in [2.24, 2.45) is 0 Å². The number of hydrogen-bond donors (Lipinski definition) is 1. The molecule has 0 fully saturated rings. The third-order valence-corrected chi connectivity index (χ3v) is 4.69. The fourth-order valence-corrected chi connectivity index (χ4v) is 3.04. The molecule has 0 aliphatic carbocycles. The highest BCUT2D eigenvalue weighted by molar-refractivity contribution is 7.89. The fourth-order valence-electron chi connectivity index (χ4n) is 1.92. The van der Waals surface area contributed by atoms with Gasteiger partial charge < -0.3 is 0 Å². The summed E-state index contributed by atoms with van der Waals surface area (Å²) in [5, 5.41) is 11.0. The van der Waals surface area contributed by atoms with Crippen molar-refractivity contribution in [2.75, 3.05) is 0 Å². The number of nitrogens with one attached hydrogen (secondary N) is 1. The van der Waals surface area contributed by atoms with E-state index in [1.165, 1.54) is 6.07 Å². The highest BCUT2D eigenvalue weighted by Gasteiger charge is 2.21. The zero-order valence-electron chi connectivity index (χ0n) is 12.1. The van der Waals surface area contributed by atoms with Crippen LogP contribution < -0.4 is 4.72 Å². The largest absolute Gasteiger partial charge is 0.273 e. The van der Waals surface area contributed by atoms with Crippen LogP contribution >= 0.6 is 0 Å². The molecule has 116 valence electrons. The van der Waals surface area contributed by atoms with E-state index in [1.807, 2.05) is 0 Å². The van der Waals surface area contributed by atoms with Crippen molar-refractivity contribution >= 4 is 15.7 Å². The fraction of sp³-hybridized carbons (Fsp3) is 0.214. The molecule has 1 heterocycles. The van der Waals surface area contributed by atoms with E-state index in [-0.39, 0.29) is 17.1 Å². The van der Waals surface area contributed by atoms with Crippen LogP contribution in [0.3, 0.4) is 0 Å². The molecule has 1 aromatic carbocycles. The first kappa shape index (κ1) is 16.1. The van der Waals surface area contributed by atoms with Crippen LogP contribution in [0.5, 0.6) is 0 Å². The van der Waals surface area contributed by atoms with E-state index in [2.05, 4.69) is 9.71 Å². The van der Waals surface area contributed by atoms with Crippen LogP contribution in [0.1, 0.15) is 16.7 Å². The molecular weight excluding hydrogens is 306 g/mol. The minimum atomic E-state index is -3.84. The van der Waals surface area contributed by atoms with E-state index >= 15 is 0 Å². The van der Waals surface area contributed by atoms with Crippen LogP contribution in [0, 0.1) is 24.0 Å². The van der Waals surface area contributed by atoms with E-state index < -0.39 is 14.9 Å². The Hall–Kier alpha value is -2.32. The third-order valence-electron chi connectivity index (χ3n) is 3.31. The molecule has 1 aromatic heterocycles. The molecule has 0 aliphatic heterocycles. The number of aromatic nitrogens is 1. The second-order valence-electron chi connectivity index (χ2n) is 4.83. The van der Waals surface area contributed by atoms with E-state index in [4.69, 9.17) is 0 Å². The van der Waals surface area contributed by atoms with Crippen molar-refractivity contribution in [3.63, 3.8) is 0 Å². The molecule has 8 heteroatoms. The molecule has 0 unspecified atom stereocenters. The number of hydrogen-bond acceptors (Lipinski definition) is 5. The molecule has 0 saturated heterocycles. The van der Waals surface area contributed by atoms with E-state index in [1.54, 1.807) is 38.4 Å². The summed E-state index contributed by atoms with van der Waals surface area (Å²) in [5.41, 5.74) is 1.50. The average Bonchev–Trinajstić information content (AvgIpc) is 2.48. The predicted molar refractivity (Wildman–Crippen MR) is 80.8 cm³/mol. The van der Waals surface area contributed by atoms with Gasteiger partial charge in [-0.25, -0.2) is 13.1 Å². The molecule has 2 aromatic rings. The molecular formula is C14H15N3O4S. The van der Waals surface area contributed by atoms with Crippen LogP contribution in [-0.4, -0.2) is 18.3 Å². The number of nitro groups is 1. The van der Waals surface area contributed by atoms with E-state index in [0.29, 0.717) is 16.7 Å². The van der Waals surface area contributed by atoms with Crippen molar-refractivity contribution in [2.45, 2.75) is 25.3 Å². The standard InChI is InChI=1S/C14H15N3O4S/c1-10-6-13(7-14(11(10)2)17(18)19)22(20,21)16-9-12-4-3-5-15-8-12/h3-8,16H,9H2,1-2H3. The Kier molecular flexibility index (Phi) is 4.53. The van der Waals surface area contributed by atoms with Crippen molar-refractivity contribution in [3.05, 3.63) is 63.5 Å². The Morgan fingerprint density at radius 3 is 2.64 bits per heavy atom. The van der Waals surface area contributed by atoms with Crippen LogP contribution in [0.15, 0.2) is 41.6 Å². The molecule has 7 nitrogen and oxygen atoms in total. The van der Waals surface area contributed by atoms with Crippen molar-refractivity contribution in [1.82, 2.24) is 9.71 Å². The Labute approximate surface area is 128 Å².